The summed E-state index contributed by atoms with van der Waals surface area (Å²) >= 11 is 11.2. The van der Waals surface area contributed by atoms with E-state index in [4.69, 9.17) is 23.2 Å². The van der Waals surface area contributed by atoms with Gasteiger partial charge in [-0.15, -0.1) is 0 Å². The number of methoxy groups -OCH3 is 1. The fraction of sp³-hybridized carbons (Fsp3) is 0.125. The van der Waals surface area contributed by atoms with Crippen molar-refractivity contribution >= 4 is 29.2 Å². The molecule has 13 heavy (non-hydrogen) atoms. The number of ether oxygens (including phenoxy) is 1. The lowest BCUT2D eigenvalue weighted by Crippen LogP contribution is -2.01. The van der Waals surface area contributed by atoms with Gasteiger partial charge in [-0.2, -0.15) is 0 Å². The highest BCUT2D eigenvalue weighted by Crippen LogP contribution is 2.30. The number of esters is 1. The monoisotopic (exact) mass is 220 g/mol. The number of carbonyl (C=O) groups excluding carboxylic acids is 1. The predicted octanol–water partition coefficient (Wildman–Crippen LogP) is 2.49. The molecule has 0 aromatic heterocycles. The summed E-state index contributed by atoms with van der Waals surface area (Å²) in [5.41, 5.74) is 0.0890. The molecule has 0 radical (unpaired) electrons. The Kier molecular flexibility index (Phi) is 3.01. The number of phenols is 1. The van der Waals surface area contributed by atoms with Gasteiger partial charge >= 0.3 is 5.97 Å². The van der Waals surface area contributed by atoms with E-state index in [0.717, 1.165) is 6.07 Å². The van der Waals surface area contributed by atoms with Gasteiger partial charge in [0.15, 0.2) is 0 Å². The molecule has 70 valence electrons. The molecule has 0 bridgehead atoms. The Balaban J connectivity index is 3.23. The molecule has 0 atom stereocenters. The van der Waals surface area contributed by atoms with E-state index in [9.17, 15) is 9.90 Å². The zero-order valence-electron chi connectivity index (χ0n) is 6.67. The van der Waals surface area contributed by atoms with Crippen molar-refractivity contribution in [3.8, 4) is 5.75 Å². The van der Waals surface area contributed by atoms with Crippen molar-refractivity contribution in [2.24, 2.45) is 0 Å². The third kappa shape index (κ3) is 2.05. The predicted molar refractivity (Wildman–Crippen MR) is 49.5 cm³/mol. The molecule has 0 aliphatic heterocycles. The summed E-state index contributed by atoms with van der Waals surface area (Å²) in [6.07, 6.45) is 0. The van der Waals surface area contributed by atoms with Crippen LogP contribution in [0.15, 0.2) is 12.1 Å². The van der Waals surface area contributed by atoms with Crippen LogP contribution in [-0.4, -0.2) is 18.2 Å². The Labute approximate surface area is 84.8 Å². The van der Waals surface area contributed by atoms with Crippen molar-refractivity contribution in [2.75, 3.05) is 7.11 Å². The van der Waals surface area contributed by atoms with Crippen LogP contribution in [0.3, 0.4) is 0 Å². The van der Waals surface area contributed by atoms with Gasteiger partial charge in [0.05, 0.1) is 22.7 Å². The van der Waals surface area contributed by atoms with E-state index >= 15 is 0 Å². The summed E-state index contributed by atoms with van der Waals surface area (Å²) in [6.45, 7) is 0. The molecule has 0 heterocycles. The fourth-order valence-corrected chi connectivity index (χ4v) is 1.26. The Hall–Kier alpha value is -0.930. The van der Waals surface area contributed by atoms with Crippen molar-refractivity contribution in [1.82, 2.24) is 0 Å². The van der Waals surface area contributed by atoms with Crippen molar-refractivity contribution in [1.29, 1.82) is 0 Å². The minimum Gasteiger partial charge on any atom is -0.506 e. The molecule has 0 saturated heterocycles. The van der Waals surface area contributed by atoms with Crippen LogP contribution >= 0.6 is 23.2 Å². The van der Waals surface area contributed by atoms with E-state index in [1.807, 2.05) is 0 Å². The summed E-state index contributed by atoms with van der Waals surface area (Å²) in [7, 11) is 1.23. The average molecular weight is 221 g/mol. The largest absolute Gasteiger partial charge is 0.506 e. The number of aromatic hydroxyl groups is 1. The Morgan fingerprint density at radius 3 is 2.54 bits per heavy atom. The SMILES string of the molecule is COC(=O)c1cc(O)c(Cl)cc1Cl. The third-order valence-electron chi connectivity index (χ3n) is 1.44. The van der Waals surface area contributed by atoms with Gasteiger partial charge in [0.25, 0.3) is 0 Å². The third-order valence-corrected chi connectivity index (χ3v) is 2.06. The van der Waals surface area contributed by atoms with Crippen LogP contribution in [0.5, 0.6) is 5.75 Å². The normalized spacial score (nSPS) is 9.77. The first-order valence-corrected chi connectivity index (χ1v) is 4.08. The first-order valence-electron chi connectivity index (χ1n) is 3.32. The topological polar surface area (TPSA) is 46.5 Å². The van der Waals surface area contributed by atoms with Gasteiger partial charge in [0, 0.05) is 0 Å². The lowest BCUT2D eigenvalue weighted by molar-refractivity contribution is 0.0600. The first-order chi connectivity index (χ1) is 6.06. The molecule has 0 unspecified atom stereocenters. The molecule has 3 nitrogen and oxygen atoms in total. The number of carbonyl (C=O) groups is 1. The lowest BCUT2D eigenvalue weighted by atomic mass is 10.2. The number of hydrogen-bond donors (Lipinski definition) is 1. The fourth-order valence-electron chi connectivity index (χ4n) is 0.804. The summed E-state index contributed by atoms with van der Waals surface area (Å²) in [5.74, 6) is -0.816. The van der Waals surface area contributed by atoms with Gasteiger partial charge in [-0.3, -0.25) is 0 Å². The van der Waals surface area contributed by atoms with Crippen LogP contribution in [0.4, 0.5) is 0 Å². The summed E-state index contributed by atoms with van der Waals surface area (Å²) in [6, 6.07) is 2.45. The van der Waals surface area contributed by atoms with Gasteiger partial charge in [-0.05, 0) is 12.1 Å². The molecule has 0 saturated carbocycles. The highest BCUT2D eigenvalue weighted by molar-refractivity contribution is 6.37. The average Bonchev–Trinajstić information content (AvgIpc) is 2.10. The van der Waals surface area contributed by atoms with E-state index in [-0.39, 0.29) is 21.4 Å². The zero-order chi connectivity index (χ0) is 10.0. The molecule has 0 spiro atoms. The van der Waals surface area contributed by atoms with Crippen LogP contribution in [0.25, 0.3) is 0 Å². The molecule has 0 amide bonds. The maximum Gasteiger partial charge on any atom is 0.339 e. The summed E-state index contributed by atoms with van der Waals surface area (Å²) in [4.78, 5) is 11.0. The number of rotatable bonds is 1. The van der Waals surface area contributed by atoms with E-state index in [0.29, 0.717) is 0 Å². The first kappa shape index (κ1) is 10.2. The molecular weight excluding hydrogens is 215 g/mol. The van der Waals surface area contributed by atoms with Crippen molar-refractivity contribution in [2.45, 2.75) is 0 Å². The van der Waals surface area contributed by atoms with Gasteiger partial charge in [0.1, 0.15) is 5.75 Å². The second kappa shape index (κ2) is 3.85. The molecule has 0 aliphatic rings. The van der Waals surface area contributed by atoms with E-state index in [1.165, 1.54) is 13.2 Å². The molecule has 1 N–H and O–H groups in total. The van der Waals surface area contributed by atoms with E-state index in [2.05, 4.69) is 4.74 Å². The number of hydrogen-bond acceptors (Lipinski definition) is 3. The minimum absolute atomic E-state index is 0.0890. The quantitative estimate of drug-likeness (QED) is 0.741. The zero-order valence-corrected chi connectivity index (χ0v) is 8.19. The Bertz CT molecular complexity index is 349. The van der Waals surface area contributed by atoms with E-state index < -0.39 is 5.97 Å². The minimum atomic E-state index is -0.614. The molecule has 1 rings (SSSR count). The summed E-state index contributed by atoms with van der Waals surface area (Å²) in [5, 5.41) is 9.41. The van der Waals surface area contributed by atoms with Crippen LogP contribution in [0.1, 0.15) is 10.4 Å². The standard InChI is InChI=1S/C8H6Cl2O3/c1-13-8(12)4-2-7(11)6(10)3-5(4)9/h2-3,11H,1H3. The molecule has 5 heteroatoms. The molecule has 0 fully saturated rings. The van der Waals surface area contributed by atoms with Crippen LogP contribution < -0.4 is 0 Å². The second-order valence-electron chi connectivity index (χ2n) is 2.28. The molecular formula is C8H6Cl2O3. The molecule has 0 aliphatic carbocycles. The number of halogens is 2. The van der Waals surface area contributed by atoms with Gasteiger partial charge in [-0.25, -0.2) is 4.79 Å². The van der Waals surface area contributed by atoms with Crippen LogP contribution in [0, 0.1) is 0 Å². The van der Waals surface area contributed by atoms with Crippen molar-refractivity contribution < 1.29 is 14.6 Å². The Morgan fingerprint density at radius 2 is 2.00 bits per heavy atom. The second-order valence-corrected chi connectivity index (χ2v) is 3.09. The number of phenolic OH excluding ortho intramolecular Hbond substituents is 1. The van der Waals surface area contributed by atoms with Gasteiger partial charge in [-0.1, -0.05) is 23.2 Å². The van der Waals surface area contributed by atoms with Crippen molar-refractivity contribution in [3.05, 3.63) is 27.7 Å². The lowest BCUT2D eigenvalue weighted by Gasteiger charge is -2.03. The summed E-state index contributed by atoms with van der Waals surface area (Å²) < 4.78 is 4.43. The number of benzene rings is 1. The van der Waals surface area contributed by atoms with Gasteiger partial charge in [0.2, 0.25) is 0 Å². The van der Waals surface area contributed by atoms with Crippen LogP contribution in [-0.2, 0) is 4.74 Å². The maximum absolute atomic E-state index is 11.0. The highest BCUT2D eigenvalue weighted by atomic mass is 35.5. The molecule has 1 aromatic carbocycles. The Morgan fingerprint density at radius 1 is 1.38 bits per heavy atom. The van der Waals surface area contributed by atoms with Crippen molar-refractivity contribution in [3.63, 3.8) is 0 Å². The smallest absolute Gasteiger partial charge is 0.339 e. The molecule has 1 aromatic rings. The highest BCUT2D eigenvalue weighted by Gasteiger charge is 2.13. The maximum atomic E-state index is 11.0. The van der Waals surface area contributed by atoms with Gasteiger partial charge < -0.3 is 9.84 Å². The van der Waals surface area contributed by atoms with Crippen LogP contribution in [0.2, 0.25) is 10.0 Å². The van der Waals surface area contributed by atoms with E-state index in [1.54, 1.807) is 0 Å².